The lowest BCUT2D eigenvalue weighted by molar-refractivity contribution is -0.129. The van der Waals surface area contributed by atoms with Gasteiger partial charge in [0.25, 0.3) is 5.91 Å². The molecule has 1 spiro atoms. The number of carbonyl (C=O) groups is 2. The summed E-state index contributed by atoms with van der Waals surface area (Å²) in [4.78, 5) is 28.7. The van der Waals surface area contributed by atoms with Crippen molar-refractivity contribution in [2.45, 2.75) is 19.3 Å². The third-order valence-corrected chi connectivity index (χ3v) is 6.61. The maximum atomic E-state index is 12.5. The zero-order chi connectivity index (χ0) is 20.1. The van der Waals surface area contributed by atoms with Crippen LogP contribution in [0, 0.1) is 17.3 Å². The Kier molecular flexibility index (Phi) is 5.82. The first-order valence-electron chi connectivity index (χ1n) is 9.99. The summed E-state index contributed by atoms with van der Waals surface area (Å²) in [6.45, 7) is 3.02. The molecule has 2 fully saturated rings. The largest absolute Gasteiger partial charge is 0.339 e. The second kappa shape index (κ2) is 8.67. The fourth-order valence-corrected chi connectivity index (χ4v) is 4.72. The van der Waals surface area contributed by atoms with Crippen molar-refractivity contribution in [3.63, 3.8) is 0 Å². The predicted octanol–water partition coefficient (Wildman–Crippen LogP) is 3.65. The number of benzene rings is 1. The minimum Gasteiger partial charge on any atom is -0.339 e. The van der Waals surface area contributed by atoms with Crippen LogP contribution >= 0.6 is 11.3 Å². The van der Waals surface area contributed by atoms with Crippen molar-refractivity contribution in [3.8, 4) is 11.8 Å². The van der Waals surface area contributed by atoms with Crippen molar-refractivity contribution in [1.82, 2.24) is 9.80 Å². The Balaban J connectivity index is 1.30. The molecule has 3 heterocycles. The Labute approximate surface area is 175 Å². The van der Waals surface area contributed by atoms with Gasteiger partial charge in [-0.25, -0.2) is 0 Å². The smallest absolute Gasteiger partial charge is 0.298 e. The predicted molar refractivity (Wildman–Crippen MR) is 116 cm³/mol. The van der Waals surface area contributed by atoms with Gasteiger partial charge in [-0.3, -0.25) is 9.59 Å². The van der Waals surface area contributed by atoms with Crippen LogP contribution in [0.3, 0.4) is 0 Å². The third kappa shape index (κ3) is 4.78. The molecule has 0 saturated carbocycles. The maximum Gasteiger partial charge on any atom is 0.298 e. The molecule has 4 rings (SSSR count). The highest BCUT2D eigenvalue weighted by molar-refractivity contribution is 7.08. The lowest BCUT2D eigenvalue weighted by Crippen LogP contribution is -2.44. The van der Waals surface area contributed by atoms with E-state index < -0.39 is 0 Å². The van der Waals surface area contributed by atoms with E-state index in [9.17, 15) is 9.59 Å². The van der Waals surface area contributed by atoms with E-state index in [1.807, 2.05) is 63.0 Å². The van der Waals surface area contributed by atoms with Crippen molar-refractivity contribution in [3.05, 3.63) is 64.4 Å². The van der Waals surface area contributed by atoms with E-state index in [2.05, 4.69) is 11.8 Å². The van der Waals surface area contributed by atoms with E-state index in [0.717, 1.165) is 56.6 Å². The summed E-state index contributed by atoms with van der Waals surface area (Å²) >= 11 is 1.63. The van der Waals surface area contributed by atoms with Gasteiger partial charge in [0.15, 0.2) is 0 Å². The quantitative estimate of drug-likeness (QED) is 0.566. The summed E-state index contributed by atoms with van der Waals surface area (Å²) < 4.78 is 0. The minimum atomic E-state index is -0.0945. The van der Waals surface area contributed by atoms with E-state index >= 15 is 0 Å². The van der Waals surface area contributed by atoms with Crippen molar-refractivity contribution >= 4 is 29.2 Å². The van der Waals surface area contributed by atoms with E-state index in [0.29, 0.717) is 0 Å². The van der Waals surface area contributed by atoms with E-state index in [-0.39, 0.29) is 17.2 Å². The van der Waals surface area contributed by atoms with Gasteiger partial charge < -0.3 is 9.80 Å². The van der Waals surface area contributed by atoms with Crippen LogP contribution < -0.4 is 0 Å². The summed E-state index contributed by atoms with van der Waals surface area (Å²) in [6, 6.07) is 11.6. The summed E-state index contributed by atoms with van der Waals surface area (Å²) in [5, 5.41) is 4.03. The number of hydrogen-bond acceptors (Lipinski definition) is 3. The fourth-order valence-electron chi connectivity index (χ4n) is 4.09. The number of thiophene rings is 1. The van der Waals surface area contributed by atoms with Gasteiger partial charge in [-0.15, -0.1) is 0 Å². The van der Waals surface area contributed by atoms with E-state index in [1.165, 1.54) is 0 Å². The molecule has 29 heavy (non-hydrogen) atoms. The van der Waals surface area contributed by atoms with Gasteiger partial charge in [0.1, 0.15) is 0 Å². The van der Waals surface area contributed by atoms with Gasteiger partial charge in [-0.1, -0.05) is 24.1 Å². The van der Waals surface area contributed by atoms with Crippen LogP contribution in [0.4, 0.5) is 0 Å². The Hall–Kier alpha value is -2.84. The molecule has 2 amide bonds. The van der Waals surface area contributed by atoms with Crippen LogP contribution in [-0.2, 0) is 9.59 Å². The molecule has 2 aromatic rings. The van der Waals surface area contributed by atoms with Crippen LogP contribution in [0.15, 0.2) is 53.2 Å². The van der Waals surface area contributed by atoms with Gasteiger partial charge in [0.2, 0.25) is 5.91 Å². The highest BCUT2D eigenvalue weighted by Crippen LogP contribution is 2.40. The highest BCUT2D eigenvalue weighted by atomic mass is 32.1. The summed E-state index contributed by atoms with van der Waals surface area (Å²) in [5.41, 5.74) is 2.06. The first-order valence-corrected chi connectivity index (χ1v) is 10.9. The molecular formula is C24H24N2O2S. The second-order valence-corrected chi connectivity index (χ2v) is 8.59. The second-order valence-electron chi connectivity index (χ2n) is 7.81. The van der Waals surface area contributed by atoms with Gasteiger partial charge in [-0.2, -0.15) is 11.3 Å². The summed E-state index contributed by atoms with van der Waals surface area (Å²) in [5.74, 6) is 5.72. The topological polar surface area (TPSA) is 40.6 Å². The lowest BCUT2D eigenvalue weighted by atomic mass is 9.78. The van der Waals surface area contributed by atoms with Crippen molar-refractivity contribution in [2.24, 2.45) is 5.41 Å². The summed E-state index contributed by atoms with van der Waals surface area (Å²) in [7, 11) is 0. The maximum absolute atomic E-state index is 12.5. The lowest BCUT2D eigenvalue weighted by Gasteiger charge is -2.38. The number of likely N-dealkylation sites (tertiary alicyclic amines) is 2. The molecule has 2 saturated heterocycles. The van der Waals surface area contributed by atoms with Crippen molar-refractivity contribution < 1.29 is 9.59 Å². The van der Waals surface area contributed by atoms with Crippen LogP contribution in [0.2, 0.25) is 0 Å². The Bertz CT molecular complexity index is 946. The first kappa shape index (κ1) is 19.5. The standard InChI is InChI=1S/C24H24N2O2S/c27-22(9-7-21-10-17-29-18-21)25-14-11-24(12-15-25)13-16-26(19-24)23(28)8-6-20-4-2-1-3-5-20/h1-5,7,9-10,17-18H,11-16,19H2. The average molecular weight is 405 g/mol. The zero-order valence-corrected chi connectivity index (χ0v) is 17.2. The van der Waals surface area contributed by atoms with Crippen molar-refractivity contribution in [1.29, 1.82) is 0 Å². The van der Waals surface area contributed by atoms with Crippen LogP contribution in [0.5, 0.6) is 0 Å². The minimum absolute atomic E-state index is 0.0747. The Morgan fingerprint density at radius 1 is 1.00 bits per heavy atom. The molecule has 0 bridgehead atoms. The molecule has 0 N–H and O–H groups in total. The molecule has 0 radical (unpaired) electrons. The van der Waals surface area contributed by atoms with Crippen LogP contribution in [-0.4, -0.2) is 47.8 Å². The number of hydrogen-bond donors (Lipinski definition) is 0. The first-order chi connectivity index (χ1) is 14.1. The molecule has 0 atom stereocenters. The molecule has 0 aliphatic carbocycles. The number of rotatable bonds is 2. The fraction of sp³-hybridized carbons (Fsp3) is 0.333. The molecule has 148 valence electrons. The molecule has 2 aliphatic rings. The number of nitrogens with zero attached hydrogens (tertiary/aromatic N) is 2. The molecule has 5 heteroatoms. The molecule has 4 nitrogen and oxygen atoms in total. The van der Waals surface area contributed by atoms with Gasteiger partial charge in [0.05, 0.1) is 0 Å². The molecule has 1 aromatic heterocycles. The molecular weight excluding hydrogens is 380 g/mol. The van der Waals surface area contributed by atoms with E-state index in [1.54, 1.807) is 17.4 Å². The number of piperidine rings is 1. The SMILES string of the molecule is O=C(C#Cc1ccccc1)N1CCC2(CCN(C(=O)C=Cc3ccsc3)CC2)C1. The van der Waals surface area contributed by atoms with Gasteiger partial charge >= 0.3 is 0 Å². The number of amides is 2. The van der Waals surface area contributed by atoms with Crippen LogP contribution in [0.1, 0.15) is 30.4 Å². The Morgan fingerprint density at radius 3 is 2.41 bits per heavy atom. The Morgan fingerprint density at radius 2 is 1.72 bits per heavy atom. The van der Waals surface area contributed by atoms with Crippen molar-refractivity contribution in [2.75, 3.05) is 26.2 Å². The summed E-state index contributed by atoms with van der Waals surface area (Å²) in [6.07, 6.45) is 6.44. The zero-order valence-electron chi connectivity index (χ0n) is 16.3. The molecule has 2 aliphatic heterocycles. The van der Waals surface area contributed by atoms with E-state index in [4.69, 9.17) is 0 Å². The molecule has 0 unspecified atom stereocenters. The highest BCUT2D eigenvalue weighted by Gasteiger charge is 2.42. The normalized spacial score (nSPS) is 18.1. The third-order valence-electron chi connectivity index (χ3n) is 5.91. The monoisotopic (exact) mass is 404 g/mol. The van der Waals surface area contributed by atoms with Crippen LogP contribution in [0.25, 0.3) is 6.08 Å². The van der Waals surface area contributed by atoms with Gasteiger partial charge in [-0.05, 0) is 65.3 Å². The average Bonchev–Trinajstić information content (AvgIpc) is 3.42. The van der Waals surface area contributed by atoms with Gasteiger partial charge in [0, 0.05) is 43.7 Å². The number of carbonyl (C=O) groups excluding carboxylic acids is 2. The molecule has 1 aromatic carbocycles.